The summed E-state index contributed by atoms with van der Waals surface area (Å²) in [5, 5.41) is 0. The molecule has 0 aliphatic carbocycles. The van der Waals surface area contributed by atoms with Crippen LogP contribution in [0.3, 0.4) is 0 Å². The van der Waals surface area contributed by atoms with Gasteiger partial charge in [0.1, 0.15) is 6.29 Å². The van der Waals surface area contributed by atoms with Crippen molar-refractivity contribution in [1.82, 2.24) is 4.90 Å². The maximum Gasteiger partial charge on any atom is 0.121 e. The summed E-state index contributed by atoms with van der Waals surface area (Å²) in [5.41, 5.74) is 0. The van der Waals surface area contributed by atoms with Crippen LogP contribution in [0.2, 0.25) is 0 Å². The zero-order valence-electron chi connectivity index (χ0n) is 7.25. The van der Waals surface area contributed by atoms with Crippen LogP contribution in [-0.4, -0.2) is 30.3 Å². The Bertz CT molecular complexity index is 119. The molecule has 1 aliphatic heterocycles. The Kier molecular flexibility index (Phi) is 3.57. The van der Waals surface area contributed by atoms with Crippen molar-refractivity contribution in [1.29, 1.82) is 0 Å². The Balaban J connectivity index is 2.26. The van der Waals surface area contributed by atoms with E-state index in [9.17, 15) is 4.79 Å². The second-order valence-corrected chi connectivity index (χ2v) is 3.35. The van der Waals surface area contributed by atoms with Crippen LogP contribution in [0.5, 0.6) is 0 Å². The quantitative estimate of drug-likeness (QED) is 0.575. The van der Waals surface area contributed by atoms with Crippen molar-refractivity contribution in [3.63, 3.8) is 0 Å². The fraction of sp³-hybridized carbons (Fsp3) is 0.889. The maximum absolute atomic E-state index is 10.2. The molecule has 11 heavy (non-hydrogen) atoms. The molecule has 0 aromatic heterocycles. The van der Waals surface area contributed by atoms with Gasteiger partial charge in [-0.15, -0.1) is 0 Å². The van der Waals surface area contributed by atoms with Gasteiger partial charge in [-0.25, -0.2) is 0 Å². The van der Waals surface area contributed by atoms with Crippen LogP contribution in [0.25, 0.3) is 0 Å². The molecule has 64 valence electrons. The minimum absolute atomic E-state index is 0.466. The molecular formula is C9H17NO. The Morgan fingerprint density at radius 2 is 2.00 bits per heavy atom. The molecular weight excluding hydrogens is 138 g/mol. The number of carbonyl (C=O) groups excluding carboxylic acids is 1. The van der Waals surface area contributed by atoms with Crippen molar-refractivity contribution in [3.05, 3.63) is 0 Å². The Labute approximate surface area is 68.6 Å². The first kappa shape index (κ1) is 8.72. The third-order valence-corrected chi connectivity index (χ3v) is 2.45. The fourth-order valence-electron chi connectivity index (χ4n) is 1.65. The van der Waals surface area contributed by atoms with Crippen LogP contribution >= 0.6 is 0 Å². The highest BCUT2D eigenvalue weighted by molar-refractivity contribution is 5.50. The highest BCUT2D eigenvalue weighted by Gasteiger charge is 2.15. The highest BCUT2D eigenvalue weighted by Crippen LogP contribution is 2.12. The molecule has 2 heteroatoms. The van der Waals surface area contributed by atoms with E-state index in [1.54, 1.807) is 0 Å². The molecule has 0 amide bonds. The molecule has 2 nitrogen and oxygen atoms in total. The normalized spacial score (nSPS) is 23.0. The summed E-state index contributed by atoms with van der Waals surface area (Å²) >= 11 is 0. The van der Waals surface area contributed by atoms with Gasteiger partial charge in [0, 0.05) is 12.5 Å². The SMILES string of the molecule is CC(CC=O)N1CCCCC1. The molecule has 1 saturated heterocycles. The summed E-state index contributed by atoms with van der Waals surface area (Å²) in [7, 11) is 0. The van der Waals surface area contributed by atoms with E-state index in [2.05, 4.69) is 11.8 Å². The molecule has 1 heterocycles. The van der Waals surface area contributed by atoms with Crippen molar-refractivity contribution in [2.75, 3.05) is 13.1 Å². The molecule has 1 atom stereocenters. The van der Waals surface area contributed by atoms with Gasteiger partial charge in [0.2, 0.25) is 0 Å². The number of nitrogens with zero attached hydrogens (tertiary/aromatic N) is 1. The van der Waals surface area contributed by atoms with Crippen molar-refractivity contribution in [3.8, 4) is 0 Å². The molecule has 0 radical (unpaired) electrons. The third-order valence-electron chi connectivity index (χ3n) is 2.45. The minimum atomic E-state index is 0.466. The van der Waals surface area contributed by atoms with Crippen LogP contribution in [0.4, 0.5) is 0 Å². The van der Waals surface area contributed by atoms with Crippen molar-refractivity contribution in [2.45, 2.75) is 38.6 Å². The molecule has 1 unspecified atom stereocenters. The van der Waals surface area contributed by atoms with Gasteiger partial charge in [-0.05, 0) is 32.9 Å². The zero-order chi connectivity index (χ0) is 8.10. The topological polar surface area (TPSA) is 20.3 Å². The summed E-state index contributed by atoms with van der Waals surface area (Å²) in [6.45, 7) is 4.52. The number of rotatable bonds is 3. The smallest absolute Gasteiger partial charge is 0.121 e. The highest BCUT2D eigenvalue weighted by atomic mass is 16.1. The number of piperidine rings is 1. The van der Waals surface area contributed by atoms with E-state index in [4.69, 9.17) is 0 Å². The number of aldehydes is 1. The molecule has 1 rings (SSSR count). The lowest BCUT2D eigenvalue weighted by atomic mass is 10.1. The van der Waals surface area contributed by atoms with Gasteiger partial charge in [-0.2, -0.15) is 0 Å². The predicted octanol–water partition coefficient (Wildman–Crippen LogP) is 1.45. The third kappa shape index (κ3) is 2.62. The second-order valence-electron chi connectivity index (χ2n) is 3.35. The van der Waals surface area contributed by atoms with E-state index in [1.165, 1.54) is 32.4 Å². The summed E-state index contributed by atoms with van der Waals surface area (Å²) in [5.74, 6) is 0. The summed E-state index contributed by atoms with van der Waals surface area (Å²) < 4.78 is 0. The first-order chi connectivity index (χ1) is 5.34. The fourth-order valence-corrected chi connectivity index (χ4v) is 1.65. The number of likely N-dealkylation sites (tertiary alicyclic amines) is 1. The lowest BCUT2D eigenvalue weighted by molar-refractivity contribution is -0.108. The monoisotopic (exact) mass is 155 g/mol. The van der Waals surface area contributed by atoms with E-state index in [-0.39, 0.29) is 0 Å². The van der Waals surface area contributed by atoms with Crippen molar-refractivity contribution >= 4 is 6.29 Å². The minimum Gasteiger partial charge on any atom is -0.303 e. The molecule has 1 aliphatic rings. The molecule has 0 aromatic rings. The van der Waals surface area contributed by atoms with Crippen molar-refractivity contribution in [2.24, 2.45) is 0 Å². The van der Waals surface area contributed by atoms with E-state index in [1.807, 2.05) is 0 Å². The Morgan fingerprint density at radius 1 is 1.36 bits per heavy atom. The van der Waals surface area contributed by atoms with Crippen LogP contribution < -0.4 is 0 Å². The van der Waals surface area contributed by atoms with Crippen LogP contribution in [0.1, 0.15) is 32.6 Å². The van der Waals surface area contributed by atoms with E-state index >= 15 is 0 Å². The van der Waals surface area contributed by atoms with Gasteiger partial charge in [-0.1, -0.05) is 6.42 Å². The number of hydrogen-bond donors (Lipinski definition) is 0. The summed E-state index contributed by atoms with van der Waals surface area (Å²) in [6, 6.07) is 0.466. The van der Waals surface area contributed by atoms with E-state index in [0.717, 1.165) is 6.29 Å². The maximum atomic E-state index is 10.2. The zero-order valence-corrected chi connectivity index (χ0v) is 7.25. The predicted molar refractivity (Wildman–Crippen MR) is 45.6 cm³/mol. The van der Waals surface area contributed by atoms with Crippen LogP contribution in [-0.2, 0) is 4.79 Å². The van der Waals surface area contributed by atoms with Gasteiger partial charge in [-0.3, -0.25) is 0 Å². The first-order valence-electron chi connectivity index (χ1n) is 4.52. The molecule has 0 aromatic carbocycles. The van der Waals surface area contributed by atoms with Gasteiger partial charge in [0.15, 0.2) is 0 Å². The Morgan fingerprint density at radius 3 is 2.55 bits per heavy atom. The average Bonchev–Trinajstić information content (AvgIpc) is 2.07. The molecule has 0 N–H and O–H groups in total. The molecule has 0 bridgehead atoms. The first-order valence-corrected chi connectivity index (χ1v) is 4.52. The molecule has 1 fully saturated rings. The molecule has 0 saturated carbocycles. The van der Waals surface area contributed by atoms with E-state index in [0.29, 0.717) is 12.5 Å². The molecule has 0 spiro atoms. The average molecular weight is 155 g/mol. The van der Waals surface area contributed by atoms with Gasteiger partial charge in [0.05, 0.1) is 0 Å². The summed E-state index contributed by atoms with van der Waals surface area (Å²) in [4.78, 5) is 12.6. The second kappa shape index (κ2) is 4.50. The van der Waals surface area contributed by atoms with Gasteiger partial charge >= 0.3 is 0 Å². The summed E-state index contributed by atoms with van der Waals surface area (Å²) in [6.07, 6.45) is 5.70. The standard InChI is InChI=1S/C9H17NO/c1-9(5-8-11)10-6-3-2-4-7-10/h8-9H,2-7H2,1H3. The van der Waals surface area contributed by atoms with Gasteiger partial charge < -0.3 is 9.69 Å². The van der Waals surface area contributed by atoms with E-state index < -0.39 is 0 Å². The van der Waals surface area contributed by atoms with Gasteiger partial charge in [0.25, 0.3) is 0 Å². The Hall–Kier alpha value is -0.370. The van der Waals surface area contributed by atoms with Crippen LogP contribution in [0, 0.1) is 0 Å². The number of carbonyl (C=O) groups is 1. The largest absolute Gasteiger partial charge is 0.303 e. The van der Waals surface area contributed by atoms with Crippen molar-refractivity contribution < 1.29 is 4.79 Å². The lowest BCUT2D eigenvalue weighted by Crippen LogP contribution is -2.37. The van der Waals surface area contributed by atoms with Crippen LogP contribution in [0.15, 0.2) is 0 Å². The number of hydrogen-bond acceptors (Lipinski definition) is 2. The lowest BCUT2D eigenvalue weighted by Gasteiger charge is -2.31.